The highest BCUT2D eigenvalue weighted by Crippen LogP contribution is 2.41. The van der Waals surface area contributed by atoms with Crippen LogP contribution < -0.4 is 5.56 Å². The van der Waals surface area contributed by atoms with E-state index in [2.05, 4.69) is 10.1 Å². The molecule has 0 bridgehead atoms. The van der Waals surface area contributed by atoms with Gasteiger partial charge in [0.05, 0.1) is 17.1 Å². The number of hydrogen-bond acceptors (Lipinski definition) is 4. The number of rotatable bonds is 2. The number of nitrogens with one attached hydrogen (secondary N) is 1. The molecule has 10 heteroatoms. The van der Waals surface area contributed by atoms with Crippen LogP contribution in [-0.4, -0.2) is 62.4 Å². The lowest BCUT2D eigenvalue weighted by Gasteiger charge is -2.39. The van der Waals surface area contributed by atoms with Gasteiger partial charge >= 0.3 is 0 Å². The highest BCUT2D eigenvalue weighted by Gasteiger charge is 2.43. The molecule has 2 aliphatic heterocycles. The molecule has 190 valence electrons. The maximum absolute atomic E-state index is 14.5. The van der Waals surface area contributed by atoms with Gasteiger partial charge in [-0.1, -0.05) is 18.2 Å². The zero-order valence-corrected chi connectivity index (χ0v) is 20.3. The number of hydrogen-bond donors (Lipinski definition) is 1. The number of aryl methyl sites for hydroxylation is 1. The van der Waals surface area contributed by atoms with Crippen LogP contribution in [-0.2, 0) is 0 Å². The number of piperidine rings is 1. The fourth-order valence-corrected chi connectivity index (χ4v) is 5.72. The number of halogens is 2. The summed E-state index contributed by atoms with van der Waals surface area (Å²) in [5, 5.41) is 4.85. The summed E-state index contributed by atoms with van der Waals surface area (Å²) in [7, 11) is 0. The molecule has 2 aromatic heterocycles. The summed E-state index contributed by atoms with van der Waals surface area (Å²) in [5.74, 6) is -2.52. The molecule has 4 heterocycles. The van der Waals surface area contributed by atoms with Crippen molar-refractivity contribution in [2.45, 2.75) is 26.2 Å². The number of fused-ring (bicyclic) bond motifs is 3. The smallest absolute Gasteiger partial charge is 0.259 e. The lowest BCUT2D eigenvalue weighted by atomic mass is 9.77. The fraction of sp³-hybridized carbons (Fsp3) is 0.333. The summed E-state index contributed by atoms with van der Waals surface area (Å²) >= 11 is 0. The Morgan fingerprint density at radius 1 is 0.973 bits per heavy atom. The van der Waals surface area contributed by atoms with Crippen LogP contribution in [0, 0.1) is 24.0 Å². The second kappa shape index (κ2) is 8.50. The van der Waals surface area contributed by atoms with Gasteiger partial charge in [0.15, 0.2) is 0 Å². The Balaban J connectivity index is 1.19. The van der Waals surface area contributed by atoms with E-state index >= 15 is 0 Å². The predicted octanol–water partition coefficient (Wildman–Crippen LogP) is 3.53. The summed E-state index contributed by atoms with van der Waals surface area (Å²) in [6, 6.07) is 9.52. The number of aromatic nitrogens is 3. The minimum atomic E-state index is -0.856. The van der Waals surface area contributed by atoms with Crippen LogP contribution >= 0.6 is 0 Å². The van der Waals surface area contributed by atoms with E-state index in [1.807, 2.05) is 6.07 Å². The molecule has 2 aliphatic rings. The number of amides is 2. The monoisotopic (exact) mass is 505 g/mol. The van der Waals surface area contributed by atoms with E-state index in [1.54, 1.807) is 27.6 Å². The third-order valence-corrected chi connectivity index (χ3v) is 7.94. The predicted molar refractivity (Wildman–Crippen MR) is 133 cm³/mol. The molecule has 0 radical (unpaired) electrons. The molecule has 37 heavy (non-hydrogen) atoms. The van der Waals surface area contributed by atoms with Gasteiger partial charge in [-0.25, -0.2) is 13.3 Å². The van der Waals surface area contributed by atoms with Crippen molar-refractivity contribution in [3.63, 3.8) is 0 Å². The van der Waals surface area contributed by atoms with E-state index in [1.165, 1.54) is 24.1 Å². The van der Waals surface area contributed by atoms with E-state index in [4.69, 9.17) is 0 Å². The first kappa shape index (κ1) is 23.3. The van der Waals surface area contributed by atoms with Gasteiger partial charge in [-0.3, -0.25) is 14.4 Å². The Labute approximate surface area is 210 Å². The Hall–Kier alpha value is -4.08. The van der Waals surface area contributed by atoms with Crippen LogP contribution in [0.1, 0.15) is 45.5 Å². The minimum absolute atomic E-state index is 0.167. The topological polar surface area (TPSA) is 90.8 Å². The molecule has 0 aliphatic carbocycles. The molecule has 0 unspecified atom stereocenters. The Morgan fingerprint density at radius 2 is 1.68 bits per heavy atom. The lowest BCUT2D eigenvalue weighted by Crippen LogP contribution is -2.45. The van der Waals surface area contributed by atoms with Crippen LogP contribution in [0.25, 0.3) is 16.6 Å². The maximum atomic E-state index is 14.5. The molecule has 0 atom stereocenters. The molecule has 2 saturated heterocycles. The second-order valence-corrected chi connectivity index (χ2v) is 10.1. The van der Waals surface area contributed by atoms with Crippen molar-refractivity contribution in [2.24, 2.45) is 5.41 Å². The fourth-order valence-electron chi connectivity index (χ4n) is 5.72. The highest BCUT2D eigenvalue weighted by atomic mass is 19.1. The molecule has 4 aromatic rings. The maximum Gasteiger partial charge on any atom is 0.259 e. The summed E-state index contributed by atoms with van der Waals surface area (Å²) in [5.41, 5.74) is 0.583. The third kappa shape index (κ3) is 3.70. The zero-order valence-electron chi connectivity index (χ0n) is 20.3. The first-order valence-corrected chi connectivity index (χ1v) is 12.3. The molecule has 2 fully saturated rings. The van der Waals surface area contributed by atoms with Crippen molar-refractivity contribution in [3.05, 3.63) is 81.3 Å². The number of carbonyl (C=O) groups is 2. The van der Waals surface area contributed by atoms with Gasteiger partial charge in [-0.05, 0) is 55.4 Å². The molecule has 1 spiro atoms. The Morgan fingerprint density at radius 3 is 2.43 bits per heavy atom. The minimum Gasteiger partial charge on any atom is -0.338 e. The first-order valence-electron chi connectivity index (χ1n) is 12.3. The molecular weight excluding hydrogens is 480 g/mol. The third-order valence-electron chi connectivity index (χ3n) is 7.94. The molecular formula is C27H25F2N5O3. The van der Waals surface area contributed by atoms with Crippen LogP contribution in [0.5, 0.6) is 0 Å². The van der Waals surface area contributed by atoms with Crippen molar-refractivity contribution in [1.82, 2.24) is 24.4 Å². The van der Waals surface area contributed by atoms with Crippen molar-refractivity contribution in [1.29, 1.82) is 0 Å². The van der Waals surface area contributed by atoms with Crippen LogP contribution in [0.3, 0.4) is 0 Å². The van der Waals surface area contributed by atoms with Gasteiger partial charge in [0.25, 0.3) is 17.4 Å². The van der Waals surface area contributed by atoms with Crippen LogP contribution in [0.15, 0.2) is 47.4 Å². The number of nitrogens with zero attached hydrogens (tertiary/aromatic N) is 4. The number of para-hydroxylation sites is 1. The standard InChI is InChI=1S/C27H25F2N5O3/c1-16-6-7-19(28)21(22(16)29)26(37)32-11-8-27(9-12-32)10-13-33(15-27)25(36)18-14-30-34-20-5-3-2-4-17(20)24(35)31-23(18)34/h2-7,14H,8-13,15H2,1H3,(H,31,35). The number of benzene rings is 2. The summed E-state index contributed by atoms with van der Waals surface area (Å²) < 4.78 is 30.3. The Kier molecular flexibility index (Phi) is 5.36. The largest absolute Gasteiger partial charge is 0.338 e. The van der Waals surface area contributed by atoms with Crippen molar-refractivity contribution < 1.29 is 18.4 Å². The summed E-state index contributed by atoms with van der Waals surface area (Å²) in [6.07, 6.45) is 3.52. The average Bonchev–Trinajstić information content (AvgIpc) is 3.51. The molecule has 0 saturated carbocycles. The van der Waals surface area contributed by atoms with Gasteiger partial charge in [0.2, 0.25) is 0 Å². The van der Waals surface area contributed by atoms with E-state index < -0.39 is 23.1 Å². The lowest BCUT2D eigenvalue weighted by molar-refractivity contribution is 0.0557. The van der Waals surface area contributed by atoms with Crippen molar-refractivity contribution in [3.8, 4) is 0 Å². The average molecular weight is 506 g/mol. The number of carbonyl (C=O) groups excluding carboxylic acids is 2. The summed E-state index contributed by atoms with van der Waals surface area (Å²) in [4.78, 5) is 45.0. The normalized spacial score (nSPS) is 17.3. The summed E-state index contributed by atoms with van der Waals surface area (Å²) in [6.45, 7) is 3.29. The van der Waals surface area contributed by atoms with E-state index in [0.29, 0.717) is 61.1 Å². The Bertz CT molecular complexity index is 1630. The van der Waals surface area contributed by atoms with Gasteiger partial charge in [-0.2, -0.15) is 5.10 Å². The molecule has 1 N–H and O–H groups in total. The quantitative estimate of drug-likeness (QED) is 0.451. The van der Waals surface area contributed by atoms with Gasteiger partial charge in [-0.15, -0.1) is 0 Å². The van der Waals surface area contributed by atoms with Crippen molar-refractivity contribution in [2.75, 3.05) is 26.2 Å². The van der Waals surface area contributed by atoms with Gasteiger partial charge in [0.1, 0.15) is 28.4 Å². The second-order valence-electron chi connectivity index (χ2n) is 10.1. The van der Waals surface area contributed by atoms with Crippen LogP contribution in [0.4, 0.5) is 8.78 Å². The number of H-pyrrole nitrogens is 1. The number of aromatic amines is 1. The first-order chi connectivity index (χ1) is 17.8. The van der Waals surface area contributed by atoms with E-state index in [9.17, 15) is 23.2 Å². The van der Waals surface area contributed by atoms with Crippen LogP contribution in [0.2, 0.25) is 0 Å². The molecule has 2 amide bonds. The van der Waals surface area contributed by atoms with Gasteiger partial charge < -0.3 is 14.8 Å². The van der Waals surface area contributed by atoms with Crippen molar-refractivity contribution >= 4 is 28.4 Å². The van der Waals surface area contributed by atoms with E-state index in [0.717, 1.165) is 12.5 Å². The van der Waals surface area contributed by atoms with E-state index in [-0.39, 0.29) is 22.4 Å². The van der Waals surface area contributed by atoms with Gasteiger partial charge in [0, 0.05) is 26.2 Å². The molecule has 2 aromatic carbocycles. The molecule has 6 rings (SSSR count). The number of likely N-dealkylation sites (tertiary alicyclic amines) is 2. The zero-order chi connectivity index (χ0) is 25.9. The SMILES string of the molecule is Cc1ccc(F)c(C(=O)N2CCC3(CC2)CCN(C(=O)c2cnn4c2[nH]c(=O)c2ccccc24)C3)c1F. The highest BCUT2D eigenvalue weighted by molar-refractivity contribution is 6.01. The molecule has 8 nitrogen and oxygen atoms in total.